The average Bonchev–Trinajstić information content (AvgIpc) is 3.82. The zero-order valence-electron chi connectivity index (χ0n) is 19.9. The van der Waals surface area contributed by atoms with E-state index in [0.29, 0.717) is 42.3 Å². The van der Waals surface area contributed by atoms with Crippen molar-refractivity contribution in [3.05, 3.63) is 64.3 Å². The topological polar surface area (TPSA) is 104 Å². The van der Waals surface area contributed by atoms with Gasteiger partial charge in [0, 0.05) is 35.2 Å². The van der Waals surface area contributed by atoms with Crippen LogP contribution in [0.15, 0.2) is 30.6 Å². The lowest BCUT2D eigenvalue weighted by atomic mass is 9.88. The maximum Gasteiger partial charge on any atom is 0.274 e. The minimum Gasteiger partial charge on any atom is -0.350 e. The third kappa shape index (κ3) is 4.70. The summed E-state index contributed by atoms with van der Waals surface area (Å²) >= 11 is 6.01. The molecule has 1 atom stereocenters. The summed E-state index contributed by atoms with van der Waals surface area (Å²) in [4.78, 5) is 36.2. The van der Waals surface area contributed by atoms with Crippen molar-refractivity contribution in [2.45, 2.75) is 56.5 Å². The number of carbonyl (C=O) groups is 2. The molecule has 37 heavy (non-hydrogen) atoms. The summed E-state index contributed by atoms with van der Waals surface area (Å²) in [5.74, 6) is -1.24. The van der Waals surface area contributed by atoms with Crippen LogP contribution in [0.5, 0.6) is 0 Å². The summed E-state index contributed by atoms with van der Waals surface area (Å²) in [6.45, 7) is 0.526. The SMILES string of the molecule is O=C(NCc1ncc(F)cc1Cl)C1CCN(C(=O)c2cc(-c3cc(C4CC4)ncc3F)[nH]n2)C2(CC2)C1. The number of nitrogens with one attached hydrogen (secondary N) is 2. The van der Waals surface area contributed by atoms with Gasteiger partial charge in [0.25, 0.3) is 5.91 Å². The van der Waals surface area contributed by atoms with Crippen molar-refractivity contribution in [2.75, 3.05) is 6.54 Å². The number of halogens is 3. The van der Waals surface area contributed by atoms with Gasteiger partial charge < -0.3 is 10.2 Å². The van der Waals surface area contributed by atoms with Gasteiger partial charge in [-0.1, -0.05) is 11.6 Å². The number of piperidine rings is 1. The van der Waals surface area contributed by atoms with E-state index in [1.165, 1.54) is 6.20 Å². The zero-order valence-corrected chi connectivity index (χ0v) is 20.7. The molecule has 11 heteroatoms. The Balaban J connectivity index is 1.12. The van der Waals surface area contributed by atoms with Crippen molar-refractivity contribution in [1.82, 2.24) is 30.4 Å². The Morgan fingerprint density at radius 2 is 1.95 bits per heavy atom. The fourth-order valence-corrected chi connectivity index (χ4v) is 5.43. The quantitative estimate of drug-likeness (QED) is 0.496. The number of amides is 2. The van der Waals surface area contributed by atoms with Crippen molar-refractivity contribution < 1.29 is 18.4 Å². The Bertz CT molecular complexity index is 1390. The molecule has 3 aromatic heterocycles. The third-order valence-electron chi connectivity index (χ3n) is 7.62. The van der Waals surface area contributed by atoms with Gasteiger partial charge in [-0.15, -0.1) is 0 Å². The number of carbonyl (C=O) groups excluding carboxylic acids is 2. The predicted octanol–water partition coefficient (Wildman–Crippen LogP) is 4.38. The highest BCUT2D eigenvalue weighted by atomic mass is 35.5. The highest BCUT2D eigenvalue weighted by Crippen LogP contribution is 2.50. The molecule has 1 unspecified atom stereocenters. The molecule has 192 valence electrons. The monoisotopic (exact) mass is 526 g/mol. The molecule has 1 saturated heterocycles. The fourth-order valence-electron chi connectivity index (χ4n) is 5.21. The number of H-pyrrole nitrogens is 1. The Labute approximate surface area is 216 Å². The standard InChI is InChI=1S/C26H25ClF2N6O2/c27-18-7-16(28)11-30-23(18)13-32-24(36)15-3-6-35(26(10-15)4-5-26)25(37)22-9-21(33-34-22)17-8-20(14-1-2-14)31-12-19(17)29/h7-9,11-12,14-15H,1-6,10,13H2,(H,32,36)(H,33,34). The Morgan fingerprint density at radius 3 is 2.68 bits per heavy atom. The van der Waals surface area contributed by atoms with Crippen LogP contribution in [0.25, 0.3) is 11.3 Å². The summed E-state index contributed by atoms with van der Waals surface area (Å²) in [7, 11) is 0. The number of pyridine rings is 2. The van der Waals surface area contributed by atoms with E-state index in [1.807, 2.05) is 4.90 Å². The molecule has 6 rings (SSSR count). The second kappa shape index (κ2) is 9.16. The van der Waals surface area contributed by atoms with Crippen molar-refractivity contribution in [3.63, 3.8) is 0 Å². The second-order valence-electron chi connectivity index (χ2n) is 10.2. The molecule has 1 aliphatic heterocycles. The van der Waals surface area contributed by atoms with Crippen LogP contribution in [0, 0.1) is 17.6 Å². The number of aromatic nitrogens is 4. The molecule has 3 aromatic rings. The molecule has 3 aliphatic rings. The number of hydrogen-bond donors (Lipinski definition) is 2. The van der Waals surface area contributed by atoms with Crippen LogP contribution in [0.1, 0.15) is 66.3 Å². The summed E-state index contributed by atoms with van der Waals surface area (Å²) < 4.78 is 27.7. The Morgan fingerprint density at radius 1 is 1.14 bits per heavy atom. The van der Waals surface area contributed by atoms with E-state index in [9.17, 15) is 18.4 Å². The van der Waals surface area contributed by atoms with Gasteiger partial charge in [0.1, 0.15) is 5.82 Å². The van der Waals surface area contributed by atoms with Gasteiger partial charge in [-0.3, -0.25) is 24.7 Å². The van der Waals surface area contributed by atoms with E-state index < -0.39 is 11.6 Å². The van der Waals surface area contributed by atoms with E-state index in [4.69, 9.17) is 11.6 Å². The summed E-state index contributed by atoms with van der Waals surface area (Å²) in [6.07, 6.45) is 7.08. The largest absolute Gasteiger partial charge is 0.350 e. The highest BCUT2D eigenvalue weighted by Gasteiger charge is 2.54. The summed E-state index contributed by atoms with van der Waals surface area (Å²) in [5.41, 5.74) is 1.91. The van der Waals surface area contributed by atoms with Gasteiger partial charge >= 0.3 is 0 Å². The zero-order chi connectivity index (χ0) is 25.7. The van der Waals surface area contributed by atoms with Crippen LogP contribution in [0.2, 0.25) is 5.02 Å². The minimum atomic E-state index is -0.536. The number of nitrogens with zero attached hydrogens (tertiary/aromatic N) is 4. The van der Waals surface area contributed by atoms with E-state index in [-0.39, 0.29) is 40.5 Å². The maximum atomic E-state index is 14.5. The van der Waals surface area contributed by atoms with Crippen LogP contribution >= 0.6 is 11.6 Å². The second-order valence-corrected chi connectivity index (χ2v) is 10.6. The molecular weight excluding hydrogens is 502 g/mol. The molecule has 2 saturated carbocycles. The van der Waals surface area contributed by atoms with Gasteiger partial charge in [0.2, 0.25) is 5.91 Å². The van der Waals surface area contributed by atoms with Crippen molar-refractivity contribution in [3.8, 4) is 11.3 Å². The molecule has 0 aromatic carbocycles. The van der Waals surface area contributed by atoms with E-state index in [1.54, 1.807) is 12.1 Å². The first kappa shape index (κ1) is 24.0. The number of rotatable bonds is 6. The third-order valence-corrected chi connectivity index (χ3v) is 7.94. The van der Waals surface area contributed by atoms with E-state index >= 15 is 0 Å². The van der Waals surface area contributed by atoms with Crippen LogP contribution in [0.3, 0.4) is 0 Å². The first-order valence-electron chi connectivity index (χ1n) is 12.4. The first-order chi connectivity index (χ1) is 17.8. The summed E-state index contributed by atoms with van der Waals surface area (Å²) in [5, 5.41) is 10.0. The van der Waals surface area contributed by atoms with Gasteiger partial charge in [-0.2, -0.15) is 5.10 Å². The first-order valence-corrected chi connectivity index (χ1v) is 12.8. The fraction of sp³-hybridized carbons (Fsp3) is 0.423. The average molecular weight is 527 g/mol. The van der Waals surface area contributed by atoms with Crippen LogP contribution in [0.4, 0.5) is 8.78 Å². The molecule has 2 N–H and O–H groups in total. The van der Waals surface area contributed by atoms with Gasteiger partial charge in [0.15, 0.2) is 11.5 Å². The van der Waals surface area contributed by atoms with E-state index in [2.05, 4.69) is 25.5 Å². The molecule has 0 radical (unpaired) electrons. The molecule has 3 fully saturated rings. The van der Waals surface area contributed by atoms with Gasteiger partial charge in [-0.25, -0.2) is 8.78 Å². The molecule has 2 amide bonds. The van der Waals surface area contributed by atoms with Gasteiger partial charge in [-0.05, 0) is 56.7 Å². The predicted molar refractivity (Wildman–Crippen MR) is 131 cm³/mol. The molecule has 8 nitrogen and oxygen atoms in total. The smallest absolute Gasteiger partial charge is 0.274 e. The number of aromatic amines is 1. The Hall–Kier alpha value is -3.40. The summed E-state index contributed by atoms with van der Waals surface area (Å²) in [6, 6.07) is 4.48. The van der Waals surface area contributed by atoms with Crippen molar-refractivity contribution in [1.29, 1.82) is 0 Å². The lowest BCUT2D eigenvalue weighted by molar-refractivity contribution is -0.127. The van der Waals surface area contributed by atoms with Gasteiger partial charge in [0.05, 0.1) is 35.3 Å². The highest BCUT2D eigenvalue weighted by molar-refractivity contribution is 6.31. The molecule has 0 bridgehead atoms. The molecule has 2 aliphatic carbocycles. The van der Waals surface area contributed by atoms with Crippen molar-refractivity contribution >= 4 is 23.4 Å². The van der Waals surface area contributed by atoms with Crippen LogP contribution in [-0.2, 0) is 11.3 Å². The molecular formula is C26H25ClF2N6O2. The van der Waals surface area contributed by atoms with Crippen LogP contribution in [-0.4, -0.2) is 49.0 Å². The Kier molecular flexibility index (Phi) is 5.94. The lowest BCUT2D eigenvalue weighted by Gasteiger charge is -2.39. The number of likely N-dealkylation sites (tertiary alicyclic amines) is 1. The number of hydrogen-bond acceptors (Lipinski definition) is 5. The van der Waals surface area contributed by atoms with Crippen molar-refractivity contribution in [2.24, 2.45) is 5.92 Å². The van der Waals surface area contributed by atoms with E-state index in [0.717, 1.165) is 43.6 Å². The minimum absolute atomic E-state index is 0.105. The normalized spacial score (nSPS) is 20.2. The molecule has 4 heterocycles. The molecule has 1 spiro atoms. The maximum absolute atomic E-state index is 14.5. The lowest BCUT2D eigenvalue weighted by Crippen LogP contribution is -2.50. The van der Waals surface area contributed by atoms with Crippen LogP contribution < -0.4 is 5.32 Å².